The fourth-order valence-electron chi connectivity index (χ4n) is 3.59. The SMILES string of the molecule is CCC(=O)[C@@H]1C[C@@H]2O[C@@H](C[C@@H]2Br)[C@H](CCCOCc2ccccc2)O1. The molecule has 0 amide bonds. The molecule has 3 rings (SSSR count). The molecule has 4 nitrogen and oxygen atoms in total. The van der Waals surface area contributed by atoms with E-state index in [1.165, 1.54) is 5.56 Å². The van der Waals surface area contributed by atoms with Gasteiger partial charge in [-0.2, -0.15) is 0 Å². The van der Waals surface area contributed by atoms with E-state index >= 15 is 0 Å². The van der Waals surface area contributed by atoms with Gasteiger partial charge in [0.25, 0.3) is 0 Å². The Morgan fingerprint density at radius 1 is 1.20 bits per heavy atom. The van der Waals surface area contributed by atoms with Gasteiger partial charge >= 0.3 is 0 Å². The van der Waals surface area contributed by atoms with Gasteiger partial charge in [-0.25, -0.2) is 0 Å². The van der Waals surface area contributed by atoms with Crippen LogP contribution in [-0.4, -0.2) is 41.6 Å². The van der Waals surface area contributed by atoms with Gasteiger partial charge in [-0.15, -0.1) is 0 Å². The normalized spacial score (nSPS) is 31.7. The molecule has 0 aliphatic carbocycles. The second-order valence-corrected chi connectivity index (χ2v) is 8.04. The second-order valence-electron chi connectivity index (χ2n) is 6.86. The third kappa shape index (κ3) is 5.13. The molecule has 25 heavy (non-hydrogen) atoms. The molecule has 1 aromatic carbocycles. The summed E-state index contributed by atoms with van der Waals surface area (Å²) in [6, 6.07) is 10.2. The summed E-state index contributed by atoms with van der Waals surface area (Å²) in [5.74, 6) is 0.182. The van der Waals surface area contributed by atoms with Crippen LogP contribution >= 0.6 is 15.9 Å². The topological polar surface area (TPSA) is 44.8 Å². The van der Waals surface area contributed by atoms with Crippen molar-refractivity contribution in [2.45, 2.75) is 74.9 Å². The van der Waals surface area contributed by atoms with Crippen molar-refractivity contribution in [3.63, 3.8) is 0 Å². The van der Waals surface area contributed by atoms with Crippen LogP contribution in [0.25, 0.3) is 0 Å². The molecule has 0 spiro atoms. The van der Waals surface area contributed by atoms with Gasteiger partial charge in [-0.05, 0) is 24.8 Å². The highest BCUT2D eigenvalue weighted by molar-refractivity contribution is 9.09. The van der Waals surface area contributed by atoms with Gasteiger partial charge in [0.05, 0.1) is 24.9 Å². The summed E-state index contributed by atoms with van der Waals surface area (Å²) < 4.78 is 18.1. The Kier molecular flexibility index (Phi) is 7.05. The maximum absolute atomic E-state index is 12.2. The van der Waals surface area contributed by atoms with Gasteiger partial charge in [0.15, 0.2) is 5.78 Å². The molecule has 2 fully saturated rings. The van der Waals surface area contributed by atoms with Crippen LogP contribution in [0.4, 0.5) is 0 Å². The van der Waals surface area contributed by atoms with Crippen molar-refractivity contribution in [2.75, 3.05) is 6.61 Å². The van der Waals surface area contributed by atoms with E-state index in [-0.39, 0.29) is 30.2 Å². The minimum absolute atomic E-state index is 0.0200. The lowest BCUT2D eigenvalue weighted by Crippen LogP contribution is -2.36. The smallest absolute Gasteiger partial charge is 0.161 e. The number of halogens is 1. The molecule has 0 aromatic heterocycles. The Bertz CT molecular complexity index is 550. The van der Waals surface area contributed by atoms with Crippen LogP contribution in [-0.2, 0) is 25.6 Å². The molecule has 2 aliphatic rings. The minimum atomic E-state index is -0.324. The summed E-state index contributed by atoms with van der Waals surface area (Å²) in [6.07, 6.45) is 3.73. The molecular formula is C20H27BrO4. The fraction of sp³-hybridized carbons (Fsp3) is 0.650. The molecule has 2 heterocycles. The number of hydrogen-bond acceptors (Lipinski definition) is 4. The van der Waals surface area contributed by atoms with Gasteiger partial charge in [-0.1, -0.05) is 53.2 Å². The monoisotopic (exact) mass is 410 g/mol. The molecule has 0 unspecified atom stereocenters. The number of carbonyl (C=O) groups excluding carboxylic acids is 1. The van der Waals surface area contributed by atoms with E-state index in [1.807, 2.05) is 25.1 Å². The first kappa shape index (κ1) is 19.0. The highest BCUT2D eigenvalue weighted by Crippen LogP contribution is 2.37. The van der Waals surface area contributed by atoms with Crippen LogP contribution in [0.2, 0.25) is 0 Å². The minimum Gasteiger partial charge on any atom is -0.377 e. The van der Waals surface area contributed by atoms with Crippen molar-refractivity contribution in [2.24, 2.45) is 0 Å². The largest absolute Gasteiger partial charge is 0.377 e. The van der Waals surface area contributed by atoms with Crippen LogP contribution in [0.3, 0.4) is 0 Å². The van der Waals surface area contributed by atoms with E-state index in [9.17, 15) is 4.79 Å². The Labute approximate surface area is 158 Å². The zero-order chi connectivity index (χ0) is 17.6. The zero-order valence-corrected chi connectivity index (χ0v) is 16.3. The van der Waals surface area contributed by atoms with Crippen molar-refractivity contribution in [1.29, 1.82) is 0 Å². The summed E-state index contributed by atoms with van der Waals surface area (Å²) in [5.41, 5.74) is 1.19. The molecular weight excluding hydrogens is 384 g/mol. The average molecular weight is 411 g/mol. The third-order valence-electron chi connectivity index (χ3n) is 5.01. The molecule has 2 bridgehead atoms. The van der Waals surface area contributed by atoms with Crippen molar-refractivity contribution in [1.82, 2.24) is 0 Å². The maximum atomic E-state index is 12.2. The van der Waals surface area contributed by atoms with Crippen molar-refractivity contribution < 1.29 is 19.0 Å². The maximum Gasteiger partial charge on any atom is 0.161 e. The summed E-state index contributed by atoms with van der Waals surface area (Å²) in [4.78, 5) is 12.5. The predicted octanol–water partition coefficient (Wildman–Crippen LogP) is 4.04. The van der Waals surface area contributed by atoms with E-state index in [2.05, 4.69) is 28.1 Å². The molecule has 5 heteroatoms. The fourth-order valence-corrected chi connectivity index (χ4v) is 4.30. The summed E-state index contributed by atoms with van der Waals surface area (Å²) >= 11 is 3.71. The lowest BCUT2D eigenvalue weighted by Gasteiger charge is -2.26. The first-order valence-electron chi connectivity index (χ1n) is 9.26. The quantitative estimate of drug-likeness (QED) is 0.479. The van der Waals surface area contributed by atoms with Gasteiger partial charge in [0.1, 0.15) is 6.10 Å². The molecule has 5 atom stereocenters. The number of Topliss-reactive ketones (excluding diaryl/α,β-unsaturated/α-hetero) is 1. The first-order chi connectivity index (χ1) is 12.2. The lowest BCUT2D eigenvalue weighted by atomic mass is 9.98. The molecule has 138 valence electrons. The summed E-state index contributed by atoms with van der Waals surface area (Å²) in [6.45, 7) is 3.22. The van der Waals surface area contributed by atoms with Crippen LogP contribution in [0.15, 0.2) is 30.3 Å². The van der Waals surface area contributed by atoms with Gasteiger partial charge in [0.2, 0.25) is 0 Å². The Balaban J connectivity index is 1.47. The van der Waals surface area contributed by atoms with Gasteiger partial charge < -0.3 is 14.2 Å². The van der Waals surface area contributed by atoms with E-state index in [1.54, 1.807) is 0 Å². The molecule has 0 N–H and O–H groups in total. The van der Waals surface area contributed by atoms with Crippen molar-refractivity contribution >= 4 is 21.7 Å². The third-order valence-corrected chi connectivity index (χ3v) is 5.97. The van der Waals surface area contributed by atoms with Crippen LogP contribution in [0.1, 0.15) is 44.6 Å². The Morgan fingerprint density at radius 2 is 2.00 bits per heavy atom. The number of ether oxygens (including phenoxy) is 3. The standard InChI is InChI=1S/C20H27BrO4/c1-2-16(22)19-12-18-15(21)11-20(25-18)17(24-19)9-6-10-23-13-14-7-4-3-5-8-14/h3-5,7-8,15,17-20H,2,6,9-13H2,1H3/t15-,17-,18-,19-,20-/m0/s1. The summed E-state index contributed by atoms with van der Waals surface area (Å²) in [7, 11) is 0. The zero-order valence-electron chi connectivity index (χ0n) is 14.7. The highest BCUT2D eigenvalue weighted by atomic mass is 79.9. The predicted molar refractivity (Wildman–Crippen MR) is 99.9 cm³/mol. The van der Waals surface area contributed by atoms with Gasteiger partial charge in [-0.3, -0.25) is 4.79 Å². The Morgan fingerprint density at radius 3 is 2.76 bits per heavy atom. The number of benzene rings is 1. The second kappa shape index (κ2) is 9.26. The average Bonchev–Trinajstić information content (AvgIpc) is 2.89. The number of alkyl halides is 1. The van der Waals surface area contributed by atoms with E-state index < -0.39 is 0 Å². The van der Waals surface area contributed by atoms with Crippen LogP contribution < -0.4 is 0 Å². The van der Waals surface area contributed by atoms with Crippen LogP contribution in [0, 0.1) is 0 Å². The summed E-state index contributed by atoms with van der Waals surface area (Å²) in [5, 5.41) is 0. The van der Waals surface area contributed by atoms with Crippen LogP contribution in [0.5, 0.6) is 0 Å². The number of carbonyl (C=O) groups is 1. The van der Waals surface area contributed by atoms with Crippen molar-refractivity contribution in [3.05, 3.63) is 35.9 Å². The van der Waals surface area contributed by atoms with E-state index in [4.69, 9.17) is 14.2 Å². The van der Waals surface area contributed by atoms with E-state index in [0.29, 0.717) is 30.9 Å². The molecule has 2 saturated heterocycles. The molecule has 2 aliphatic heterocycles. The van der Waals surface area contributed by atoms with E-state index in [0.717, 1.165) is 19.3 Å². The lowest BCUT2D eigenvalue weighted by molar-refractivity contribution is -0.136. The Hall–Kier alpha value is -0.750. The number of ketones is 1. The number of hydrogen-bond donors (Lipinski definition) is 0. The van der Waals surface area contributed by atoms with Crippen molar-refractivity contribution in [3.8, 4) is 0 Å². The molecule has 1 aromatic rings. The first-order valence-corrected chi connectivity index (χ1v) is 10.2. The molecule has 0 saturated carbocycles. The highest BCUT2D eigenvalue weighted by Gasteiger charge is 2.44. The number of fused-ring (bicyclic) bond motifs is 2. The number of rotatable bonds is 8. The molecule has 0 radical (unpaired) electrons. The van der Waals surface area contributed by atoms with Gasteiger partial charge in [0, 0.05) is 24.3 Å².